The highest BCUT2D eigenvalue weighted by molar-refractivity contribution is 5.80. The van der Waals surface area contributed by atoms with Crippen LogP contribution in [0, 0.1) is 5.92 Å². The lowest BCUT2D eigenvalue weighted by atomic mass is 9.93. The summed E-state index contributed by atoms with van der Waals surface area (Å²) >= 11 is 0. The molecule has 0 aliphatic carbocycles. The maximum absolute atomic E-state index is 12.4. The second-order valence-corrected chi connectivity index (χ2v) is 5.32. The molecular formula is C14H24N4O. The number of piperidine rings is 1. The van der Waals surface area contributed by atoms with Crippen LogP contribution >= 0.6 is 0 Å². The van der Waals surface area contributed by atoms with Crippen LogP contribution in [0.15, 0.2) is 18.5 Å². The van der Waals surface area contributed by atoms with E-state index in [2.05, 4.69) is 10.4 Å². The Labute approximate surface area is 115 Å². The number of nitrogens with one attached hydrogen (secondary N) is 1. The van der Waals surface area contributed by atoms with Gasteiger partial charge in [0.1, 0.15) is 6.04 Å². The third kappa shape index (κ3) is 3.56. The lowest BCUT2D eigenvalue weighted by Crippen LogP contribution is -2.42. The minimum atomic E-state index is -0.191. The van der Waals surface area contributed by atoms with Crippen molar-refractivity contribution in [3.63, 3.8) is 0 Å². The number of hydrogen-bond acceptors (Lipinski definition) is 3. The first kappa shape index (κ1) is 14.1. The van der Waals surface area contributed by atoms with Crippen molar-refractivity contribution < 1.29 is 4.79 Å². The molecule has 1 aliphatic rings. The number of nitrogens with zero attached hydrogens (tertiary/aromatic N) is 3. The molecule has 0 saturated carbocycles. The molecule has 1 aliphatic heterocycles. The summed E-state index contributed by atoms with van der Waals surface area (Å²) in [4.78, 5) is 14.4. The number of rotatable bonds is 5. The zero-order chi connectivity index (χ0) is 13.7. The Balaban J connectivity index is 1.82. The molecule has 106 valence electrons. The van der Waals surface area contributed by atoms with Gasteiger partial charge in [0, 0.05) is 25.5 Å². The summed E-state index contributed by atoms with van der Waals surface area (Å²) < 4.78 is 1.73. The van der Waals surface area contributed by atoms with Crippen LogP contribution in [0.4, 0.5) is 0 Å². The fourth-order valence-corrected chi connectivity index (χ4v) is 2.68. The standard InChI is InChI=1S/C14H24N4O/c1-12(18-9-3-7-16-18)14(19)17-10-5-13(6-11-17)4-8-15-2/h3,7,9,12-13,15H,4-6,8,10-11H2,1-2H3. The molecule has 0 aromatic carbocycles. The first-order valence-electron chi connectivity index (χ1n) is 7.15. The average Bonchev–Trinajstić information content (AvgIpc) is 2.98. The third-order valence-corrected chi connectivity index (χ3v) is 4.01. The second-order valence-electron chi connectivity index (χ2n) is 5.32. The van der Waals surface area contributed by atoms with Gasteiger partial charge in [-0.25, -0.2) is 0 Å². The molecule has 1 amide bonds. The molecule has 5 nitrogen and oxygen atoms in total. The number of amides is 1. The van der Waals surface area contributed by atoms with Gasteiger partial charge in [-0.1, -0.05) is 0 Å². The fraction of sp³-hybridized carbons (Fsp3) is 0.714. The van der Waals surface area contributed by atoms with E-state index in [0.717, 1.165) is 38.4 Å². The van der Waals surface area contributed by atoms with Crippen molar-refractivity contribution >= 4 is 5.91 Å². The van der Waals surface area contributed by atoms with Crippen LogP contribution in [-0.2, 0) is 4.79 Å². The van der Waals surface area contributed by atoms with E-state index in [1.165, 1.54) is 6.42 Å². The first-order valence-corrected chi connectivity index (χ1v) is 7.15. The van der Waals surface area contributed by atoms with Gasteiger partial charge in [-0.2, -0.15) is 5.10 Å². The molecule has 1 saturated heterocycles. The Morgan fingerprint density at radius 2 is 2.21 bits per heavy atom. The van der Waals surface area contributed by atoms with E-state index < -0.39 is 0 Å². The SMILES string of the molecule is CNCCC1CCN(C(=O)C(C)n2cccn2)CC1. The minimum absolute atomic E-state index is 0.191. The largest absolute Gasteiger partial charge is 0.341 e. The molecule has 1 unspecified atom stereocenters. The van der Waals surface area contributed by atoms with Gasteiger partial charge < -0.3 is 10.2 Å². The van der Waals surface area contributed by atoms with E-state index in [0.29, 0.717) is 0 Å². The van der Waals surface area contributed by atoms with Gasteiger partial charge in [-0.15, -0.1) is 0 Å². The van der Waals surface area contributed by atoms with Crippen LogP contribution in [0.3, 0.4) is 0 Å². The van der Waals surface area contributed by atoms with Gasteiger partial charge in [0.25, 0.3) is 0 Å². The predicted molar refractivity (Wildman–Crippen MR) is 74.8 cm³/mol. The van der Waals surface area contributed by atoms with Crippen molar-refractivity contribution in [3.8, 4) is 0 Å². The van der Waals surface area contributed by atoms with Gasteiger partial charge in [0.05, 0.1) is 0 Å². The molecular weight excluding hydrogens is 240 g/mol. The van der Waals surface area contributed by atoms with E-state index >= 15 is 0 Å². The molecule has 2 rings (SSSR count). The summed E-state index contributed by atoms with van der Waals surface area (Å²) in [6.45, 7) is 4.77. The smallest absolute Gasteiger partial charge is 0.247 e. The van der Waals surface area contributed by atoms with Gasteiger partial charge in [0.2, 0.25) is 5.91 Å². The van der Waals surface area contributed by atoms with Gasteiger partial charge in [0.15, 0.2) is 0 Å². The fourth-order valence-electron chi connectivity index (χ4n) is 2.68. The molecule has 1 aromatic rings. The molecule has 0 bridgehead atoms. The van der Waals surface area contributed by atoms with Gasteiger partial charge in [-0.3, -0.25) is 9.48 Å². The number of carbonyl (C=O) groups is 1. The van der Waals surface area contributed by atoms with Crippen molar-refractivity contribution in [2.75, 3.05) is 26.7 Å². The van der Waals surface area contributed by atoms with Crippen LogP contribution in [0.5, 0.6) is 0 Å². The lowest BCUT2D eigenvalue weighted by molar-refractivity contribution is -0.136. The van der Waals surface area contributed by atoms with Gasteiger partial charge >= 0.3 is 0 Å². The van der Waals surface area contributed by atoms with E-state index in [1.807, 2.05) is 31.1 Å². The maximum atomic E-state index is 12.4. The van der Waals surface area contributed by atoms with Crippen LogP contribution in [0.2, 0.25) is 0 Å². The number of likely N-dealkylation sites (tertiary alicyclic amines) is 1. The Kier molecular flexibility index (Phi) is 4.96. The Morgan fingerprint density at radius 3 is 2.79 bits per heavy atom. The van der Waals surface area contributed by atoms with E-state index in [-0.39, 0.29) is 11.9 Å². The highest BCUT2D eigenvalue weighted by Gasteiger charge is 2.26. The lowest BCUT2D eigenvalue weighted by Gasteiger charge is -2.33. The molecule has 1 aromatic heterocycles. The van der Waals surface area contributed by atoms with Crippen LogP contribution in [0.25, 0.3) is 0 Å². The zero-order valence-corrected chi connectivity index (χ0v) is 11.9. The Hall–Kier alpha value is -1.36. The quantitative estimate of drug-likeness (QED) is 0.872. The molecule has 19 heavy (non-hydrogen) atoms. The highest BCUT2D eigenvalue weighted by Crippen LogP contribution is 2.22. The predicted octanol–water partition coefficient (Wildman–Crippen LogP) is 1.29. The summed E-state index contributed by atoms with van der Waals surface area (Å²) in [5, 5.41) is 7.34. The minimum Gasteiger partial charge on any atom is -0.341 e. The second kappa shape index (κ2) is 6.70. The Morgan fingerprint density at radius 1 is 1.47 bits per heavy atom. The third-order valence-electron chi connectivity index (χ3n) is 4.01. The molecule has 5 heteroatoms. The summed E-state index contributed by atoms with van der Waals surface area (Å²) in [5.41, 5.74) is 0. The van der Waals surface area contributed by atoms with Crippen molar-refractivity contribution in [2.24, 2.45) is 5.92 Å². The van der Waals surface area contributed by atoms with Gasteiger partial charge in [-0.05, 0) is 51.8 Å². The average molecular weight is 264 g/mol. The van der Waals surface area contributed by atoms with Crippen molar-refractivity contribution in [1.82, 2.24) is 20.0 Å². The normalized spacial score (nSPS) is 18.5. The monoisotopic (exact) mass is 264 g/mol. The van der Waals surface area contributed by atoms with Crippen LogP contribution < -0.4 is 5.32 Å². The van der Waals surface area contributed by atoms with E-state index in [9.17, 15) is 4.79 Å². The molecule has 0 radical (unpaired) electrons. The van der Waals surface area contributed by atoms with Crippen molar-refractivity contribution in [3.05, 3.63) is 18.5 Å². The van der Waals surface area contributed by atoms with E-state index in [4.69, 9.17) is 0 Å². The summed E-state index contributed by atoms with van der Waals surface area (Å²) in [6, 6.07) is 1.66. The summed E-state index contributed by atoms with van der Waals surface area (Å²) in [7, 11) is 1.99. The molecule has 0 spiro atoms. The number of aromatic nitrogens is 2. The summed E-state index contributed by atoms with van der Waals surface area (Å²) in [6.07, 6.45) is 7.03. The van der Waals surface area contributed by atoms with E-state index in [1.54, 1.807) is 10.9 Å². The molecule has 1 fully saturated rings. The van der Waals surface area contributed by atoms with Crippen molar-refractivity contribution in [1.29, 1.82) is 0 Å². The Bertz CT molecular complexity index is 382. The number of hydrogen-bond donors (Lipinski definition) is 1. The van der Waals surface area contributed by atoms with Crippen LogP contribution in [0.1, 0.15) is 32.2 Å². The zero-order valence-electron chi connectivity index (χ0n) is 11.9. The molecule has 1 N–H and O–H groups in total. The number of carbonyl (C=O) groups excluding carboxylic acids is 1. The van der Waals surface area contributed by atoms with Crippen LogP contribution in [-0.4, -0.2) is 47.3 Å². The van der Waals surface area contributed by atoms with Crippen molar-refractivity contribution in [2.45, 2.75) is 32.2 Å². The molecule has 2 heterocycles. The summed E-state index contributed by atoms with van der Waals surface area (Å²) in [5.74, 6) is 0.951. The highest BCUT2D eigenvalue weighted by atomic mass is 16.2. The maximum Gasteiger partial charge on any atom is 0.247 e. The topological polar surface area (TPSA) is 50.2 Å². The molecule has 1 atom stereocenters. The first-order chi connectivity index (χ1) is 9.22.